The predicted molar refractivity (Wildman–Crippen MR) is 123 cm³/mol. The van der Waals surface area contributed by atoms with E-state index in [4.69, 9.17) is 0 Å². The number of halogens is 2. The van der Waals surface area contributed by atoms with Crippen LogP contribution in [0.4, 0.5) is 8.78 Å². The van der Waals surface area contributed by atoms with E-state index in [0.717, 1.165) is 11.6 Å². The van der Waals surface area contributed by atoms with Gasteiger partial charge < -0.3 is 15.3 Å². The third-order valence-electron chi connectivity index (χ3n) is 5.89. The zero-order valence-electron chi connectivity index (χ0n) is 19.1. The van der Waals surface area contributed by atoms with Gasteiger partial charge in [-0.25, -0.2) is 8.78 Å². The summed E-state index contributed by atoms with van der Waals surface area (Å²) in [6, 6.07) is 2.16. The summed E-state index contributed by atoms with van der Waals surface area (Å²) < 4.78 is 28.3. The fourth-order valence-electron chi connectivity index (χ4n) is 3.52. The molecule has 0 saturated heterocycles. The van der Waals surface area contributed by atoms with Crippen molar-refractivity contribution in [1.29, 1.82) is 0 Å². The van der Waals surface area contributed by atoms with Gasteiger partial charge in [0.25, 0.3) is 11.8 Å². The number of rotatable bonds is 7. The normalized spacial score (nSPS) is 14.9. The Morgan fingerprint density at radius 3 is 2.56 bits per heavy atom. The summed E-state index contributed by atoms with van der Waals surface area (Å²) in [4.78, 5) is 40.2. The van der Waals surface area contributed by atoms with Crippen LogP contribution in [-0.2, 0) is 6.54 Å². The van der Waals surface area contributed by atoms with Gasteiger partial charge in [-0.1, -0.05) is 24.3 Å². The fourth-order valence-corrected chi connectivity index (χ4v) is 3.52. The van der Waals surface area contributed by atoms with Gasteiger partial charge in [-0.3, -0.25) is 24.1 Å². The van der Waals surface area contributed by atoms with Gasteiger partial charge in [-0.2, -0.15) is 0 Å². The molecule has 0 aliphatic carbocycles. The molecule has 2 heterocycles. The molecule has 2 aromatic rings. The van der Waals surface area contributed by atoms with E-state index in [0.29, 0.717) is 6.07 Å². The first-order valence-corrected chi connectivity index (χ1v) is 10.5. The van der Waals surface area contributed by atoms with Crippen molar-refractivity contribution >= 4 is 11.8 Å². The van der Waals surface area contributed by atoms with Crippen LogP contribution < -0.4 is 15.8 Å². The molecule has 1 aliphatic heterocycles. The third kappa shape index (κ3) is 4.43. The van der Waals surface area contributed by atoms with Crippen molar-refractivity contribution < 1.29 is 23.5 Å². The van der Waals surface area contributed by atoms with Crippen molar-refractivity contribution in [3.05, 3.63) is 87.9 Å². The SMILES string of the molecule is C=CC(C)N1CN(C(C)C(=C)C)n2cc(C(=O)NCc3ccc(F)cc3F)c(=O)c(O)c2C1=O. The molecule has 0 spiro atoms. The smallest absolute Gasteiger partial charge is 0.278 e. The molecule has 1 aliphatic rings. The number of hydrogen-bond donors (Lipinski definition) is 2. The molecular formula is C24H26F2N4O4. The maximum Gasteiger partial charge on any atom is 0.278 e. The van der Waals surface area contributed by atoms with E-state index in [1.165, 1.54) is 21.8 Å². The summed E-state index contributed by atoms with van der Waals surface area (Å²) in [5.74, 6) is -4.00. The van der Waals surface area contributed by atoms with Crippen LogP contribution in [0.15, 0.2) is 54.0 Å². The van der Waals surface area contributed by atoms with Crippen LogP contribution in [0, 0.1) is 11.6 Å². The highest BCUT2D eigenvalue weighted by atomic mass is 19.1. The number of carbonyl (C=O) groups excluding carboxylic acids is 2. The van der Waals surface area contributed by atoms with E-state index in [-0.39, 0.29) is 30.5 Å². The Morgan fingerprint density at radius 2 is 1.97 bits per heavy atom. The van der Waals surface area contributed by atoms with E-state index >= 15 is 0 Å². The van der Waals surface area contributed by atoms with E-state index in [1.807, 2.05) is 6.92 Å². The van der Waals surface area contributed by atoms with Crippen molar-refractivity contribution in [3.8, 4) is 5.75 Å². The zero-order chi connectivity index (χ0) is 25.3. The third-order valence-corrected chi connectivity index (χ3v) is 5.89. The lowest BCUT2D eigenvalue weighted by atomic mass is 10.1. The number of carbonyl (C=O) groups is 2. The van der Waals surface area contributed by atoms with Crippen LogP contribution >= 0.6 is 0 Å². The lowest BCUT2D eigenvalue weighted by molar-refractivity contribution is 0.0643. The second-order valence-electron chi connectivity index (χ2n) is 8.19. The van der Waals surface area contributed by atoms with Crippen LogP contribution in [0.5, 0.6) is 5.75 Å². The highest BCUT2D eigenvalue weighted by molar-refractivity contribution is 5.99. The minimum Gasteiger partial charge on any atom is -0.502 e. The van der Waals surface area contributed by atoms with Crippen molar-refractivity contribution in [3.63, 3.8) is 0 Å². The Morgan fingerprint density at radius 1 is 1.29 bits per heavy atom. The van der Waals surface area contributed by atoms with Crippen molar-refractivity contribution in [2.24, 2.45) is 0 Å². The number of amides is 2. The maximum absolute atomic E-state index is 13.9. The molecule has 2 atom stereocenters. The molecule has 3 rings (SSSR count). The van der Waals surface area contributed by atoms with Crippen LogP contribution in [0.25, 0.3) is 0 Å². The summed E-state index contributed by atoms with van der Waals surface area (Å²) >= 11 is 0. The summed E-state index contributed by atoms with van der Waals surface area (Å²) in [7, 11) is 0. The molecule has 2 unspecified atom stereocenters. The number of nitrogens with zero attached hydrogens (tertiary/aromatic N) is 3. The topological polar surface area (TPSA) is 94.9 Å². The number of nitrogens with one attached hydrogen (secondary N) is 1. The minimum atomic E-state index is -1.05. The maximum atomic E-state index is 13.9. The monoisotopic (exact) mass is 472 g/mol. The lowest BCUT2D eigenvalue weighted by Gasteiger charge is -2.44. The molecule has 0 radical (unpaired) electrons. The van der Waals surface area contributed by atoms with Crippen LogP contribution in [0.1, 0.15) is 47.2 Å². The van der Waals surface area contributed by atoms with Gasteiger partial charge in [0, 0.05) is 30.4 Å². The molecular weight excluding hydrogens is 446 g/mol. The minimum absolute atomic E-state index is 0.0128. The molecule has 2 amide bonds. The number of aromatic hydroxyl groups is 1. The highest BCUT2D eigenvalue weighted by Crippen LogP contribution is 2.25. The first kappa shape index (κ1) is 24.7. The molecule has 2 N–H and O–H groups in total. The number of aromatic nitrogens is 1. The Hall–Kier alpha value is -3.95. The average molecular weight is 472 g/mol. The summed E-state index contributed by atoms with van der Waals surface area (Å²) in [6.45, 7) is 12.8. The second kappa shape index (κ2) is 9.50. The van der Waals surface area contributed by atoms with E-state index < -0.39 is 46.2 Å². The average Bonchev–Trinajstić information content (AvgIpc) is 2.79. The molecule has 0 saturated carbocycles. The molecule has 0 bridgehead atoms. The quantitative estimate of drug-likeness (QED) is 0.605. The van der Waals surface area contributed by atoms with Gasteiger partial charge in [0.2, 0.25) is 5.43 Å². The van der Waals surface area contributed by atoms with Crippen molar-refractivity contribution in [1.82, 2.24) is 14.9 Å². The van der Waals surface area contributed by atoms with Crippen molar-refractivity contribution in [2.45, 2.75) is 39.4 Å². The Bertz CT molecular complexity index is 1240. The van der Waals surface area contributed by atoms with Gasteiger partial charge in [0.1, 0.15) is 23.9 Å². The molecule has 10 heteroatoms. The van der Waals surface area contributed by atoms with Crippen LogP contribution in [-0.4, -0.2) is 45.2 Å². The molecule has 180 valence electrons. The molecule has 1 aromatic carbocycles. The molecule has 0 fully saturated rings. The van der Waals surface area contributed by atoms with E-state index in [2.05, 4.69) is 18.5 Å². The summed E-state index contributed by atoms with van der Waals surface area (Å²) in [5.41, 5.74) is -1.03. The largest absolute Gasteiger partial charge is 0.502 e. The van der Waals surface area contributed by atoms with Gasteiger partial charge in [0.15, 0.2) is 11.4 Å². The standard InChI is InChI=1S/C24H26F2N4O4/c1-6-14(4)28-12-30(15(5)13(2)3)29-11-18(21(31)22(32)20(29)24(28)34)23(33)27-10-16-7-8-17(25)9-19(16)26/h6-9,11,14-15,32H,1-2,10,12H2,3-5H3,(H,27,33). The summed E-state index contributed by atoms with van der Waals surface area (Å²) in [5, 5.41) is 14.7. The first-order valence-electron chi connectivity index (χ1n) is 10.5. The molecule has 34 heavy (non-hydrogen) atoms. The van der Waals surface area contributed by atoms with Gasteiger partial charge >= 0.3 is 0 Å². The predicted octanol–water partition coefficient (Wildman–Crippen LogP) is 2.65. The zero-order valence-corrected chi connectivity index (χ0v) is 19.1. The van der Waals surface area contributed by atoms with Crippen LogP contribution in [0.2, 0.25) is 0 Å². The van der Waals surface area contributed by atoms with E-state index in [9.17, 15) is 28.3 Å². The Kier molecular flexibility index (Phi) is 6.90. The molecule has 8 nitrogen and oxygen atoms in total. The number of hydrogen-bond acceptors (Lipinski definition) is 5. The van der Waals surface area contributed by atoms with Gasteiger partial charge in [0.05, 0.1) is 6.04 Å². The van der Waals surface area contributed by atoms with Crippen molar-refractivity contribution in [2.75, 3.05) is 11.7 Å². The fraction of sp³-hybridized carbons (Fsp3) is 0.292. The summed E-state index contributed by atoms with van der Waals surface area (Å²) in [6.07, 6.45) is 2.73. The number of fused-ring (bicyclic) bond motifs is 1. The lowest BCUT2D eigenvalue weighted by Crippen LogP contribution is -2.59. The number of benzene rings is 1. The second-order valence-corrected chi connectivity index (χ2v) is 8.19. The first-order chi connectivity index (χ1) is 16.0. The van der Waals surface area contributed by atoms with E-state index in [1.54, 1.807) is 24.9 Å². The Balaban J connectivity index is 2.05. The molecule has 1 aromatic heterocycles. The van der Waals surface area contributed by atoms with Crippen LogP contribution in [0.3, 0.4) is 0 Å². The number of pyridine rings is 1. The van der Waals surface area contributed by atoms with Gasteiger partial charge in [-0.05, 0) is 26.8 Å². The highest BCUT2D eigenvalue weighted by Gasteiger charge is 2.37. The Labute approximate surface area is 195 Å². The van der Waals surface area contributed by atoms with Gasteiger partial charge in [-0.15, -0.1) is 6.58 Å².